The molecule has 416 valence electrons. The zero-order chi connectivity index (χ0) is 59.1. The van der Waals surface area contributed by atoms with E-state index >= 15 is 0 Å². The van der Waals surface area contributed by atoms with Gasteiger partial charge in [-0.25, -0.2) is 0 Å². The molecule has 0 bridgehead atoms. The number of benzene rings is 16. The maximum absolute atomic E-state index is 2.61. The summed E-state index contributed by atoms with van der Waals surface area (Å²) in [5, 5.41) is 9.97. The average molecular weight is 1140 g/mol. The summed E-state index contributed by atoms with van der Waals surface area (Å²) in [5.74, 6) is 0. The van der Waals surface area contributed by atoms with E-state index in [9.17, 15) is 0 Å². The Hall–Kier alpha value is -11.4. The van der Waals surface area contributed by atoms with E-state index in [1.807, 2.05) is 0 Å². The number of hydrogen-bond acceptors (Lipinski definition) is 0. The summed E-state index contributed by atoms with van der Waals surface area (Å²) in [7, 11) is 0. The highest BCUT2D eigenvalue weighted by Gasteiger charge is 2.59. The lowest BCUT2D eigenvalue weighted by atomic mass is 9.52. The molecule has 3 aliphatic carbocycles. The van der Waals surface area contributed by atoms with Crippen molar-refractivity contribution in [2.45, 2.75) is 10.8 Å². The monoisotopic (exact) mass is 1140 g/mol. The van der Waals surface area contributed by atoms with Crippen LogP contribution in [0, 0.1) is 0 Å². The molecule has 16 aromatic rings. The normalized spacial score (nSPS) is 13.5. The minimum absolute atomic E-state index is 0.694. The lowest BCUT2D eigenvalue weighted by Gasteiger charge is -2.49. The summed E-state index contributed by atoms with van der Waals surface area (Å²) in [5.41, 5.74) is 28.9. The topological polar surface area (TPSA) is 0 Å². The van der Waals surface area contributed by atoms with E-state index in [0.29, 0.717) is 0 Å². The third-order valence-corrected chi connectivity index (χ3v) is 20.5. The summed E-state index contributed by atoms with van der Waals surface area (Å²) < 4.78 is 0. The van der Waals surface area contributed by atoms with Crippen molar-refractivity contribution in [3.8, 4) is 89.0 Å². The number of fused-ring (bicyclic) bond motifs is 20. The van der Waals surface area contributed by atoms with Crippen LogP contribution in [0.2, 0.25) is 0 Å². The van der Waals surface area contributed by atoms with Crippen LogP contribution in [0.5, 0.6) is 0 Å². The van der Waals surface area contributed by atoms with Crippen molar-refractivity contribution in [3.05, 3.63) is 384 Å². The summed E-state index contributed by atoms with van der Waals surface area (Å²) in [6, 6.07) is 129. The Labute approximate surface area is 523 Å². The van der Waals surface area contributed by atoms with E-state index in [4.69, 9.17) is 0 Å². The van der Waals surface area contributed by atoms with Gasteiger partial charge in [0.2, 0.25) is 0 Å². The Kier molecular flexibility index (Phi) is 11.0. The van der Waals surface area contributed by atoms with Gasteiger partial charge < -0.3 is 0 Å². The van der Waals surface area contributed by atoms with Gasteiger partial charge in [-0.15, -0.1) is 0 Å². The first-order valence-corrected chi connectivity index (χ1v) is 31.6. The van der Waals surface area contributed by atoms with Gasteiger partial charge in [0.15, 0.2) is 0 Å². The fourth-order valence-corrected chi connectivity index (χ4v) is 17.0. The van der Waals surface area contributed by atoms with Crippen molar-refractivity contribution >= 4 is 43.1 Å². The Morgan fingerprint density at radius 1 is 0.133 bits per heavy atom. The molecule has 0 saturated heterocycles. The molecule has 0 radical (unpaired) electrons. The van der Waals surface area contributed by atoms with Gasteiger partial charge in [-0.2, -0.15) is 0 Å². The van der Waals surface area contributed by atoms with Crippen molar-refractivity contribution in [3.63, 3.8) is 0 Å². The van der Waals surface area contributed by atoms with Crippen molar-refractivity contribution in [2.75, 3.05) is 0 Å². The summed E-state index contributed by atoms with van der Waals surface area (Å²) >= 11 is 0. The van der Waals surface area contributed by atoms with Crippen molar-refractivity contribution < 1.29 is 0 Å². The molecule has 0 atom stereocenters. The lowest BCUT2D eigenvalue weighted by molar-refractivity contribution is 0.633. The lowest BCUT2D eigenvalue weighted by Crippen LogP contribution is -2.43. The van der Waals surface area contributed by atoms with Crippen LogP contribution in [-0.2, 0) is 10.8 Å². The third-order valence-electron chi connectivity index (χ3n) is 20.5. The quantitative estimate of drug-likeness (QED) is 0.146. The van der Waals surface area contributed by atoms with Gasteiger partial charge in [-0.3, -0.25) is 0 Å². The van der Waals surface area contributed by atoms with Crippen LogP contribution in [0.25, 0.3) is 132 Å². The molecular formula is C90H56. The molecule has 0 aromatic heterocycles. The van der Waals surface area contributed by atoms with E-state index in [2.05, 4.69) is 340 Å². The highest BCUT2D eigenvalue weighted by molar-refractivity contribution is 6.23. The number of hydrogen-bond donors (Lipinski definition) is 0. The zero-order valence-corrected chi connectivity index (χ0v) is 49.3. The second kappa shape index (κ2) is 19.5. The molecular weight excluding hydrogens is 1080 g/mol. The molecule has 16 aromatic carbocycles. The van der Waals surface area contributed by atoms with E-state index in [-0.39, 0.29) is 0 Å². The predicted molar refractivity (Wildman–Crippen MR) is 377 cm³/mol. The Morgan fingerprint density at radius 3 is 0.678 bits per heavy atom. The molecule has 0 aliphatic heterocycles. The maximum atomic E-state index is 2.61. The zero-order valence-electron chi connectivity index (χ0n) is 49.3. The summed E-state index contributed by atoms with van der Waals surface area (Å²) in [6.45, 7) is 0. The van der Waals surface area contributed by atoms with E-state index < -0.39 is 10.8 Å². The molecule has 0 amide bonds. The largest absolute Gasteiger partial charge is 0.0720 e. The highest BCUT2D eigenvalue weighted by atomic mass is 14.6. The minimum atomic E-state index is -0.694. The van der Waals surface area contributed by atoms with E-state index in [1.165, 1.54) is 177 Å². The fourth-order valence-electron chi connectivity index (χ4n) is 17.0. The van der Waals surface area contributed by atoms with Crippen molar-refractivity contribution in [1.29, 1.82) is 0 Å². The van der Waals surface area contributed by atoms with Crippen molar-refractivity contribution in [2.24, 2.45) is 0 Å². The number of rotatable bonds is 6. The van der Waals surface area contributed by atoms with E-state index in [0.717, 1.165) is 0 Å². The van der Waals surface area contributed by atoms with Gasteiger partial charge in [-0.05, 0) is 201 Å². The first-order valence-electron chi connectivity index (χ1n) is 31.6. The molecule has 0 unspecified atom stereocenters. The van der Waals surface area contributed by atoms with Crippen LogP contribution >= 0.6 is 0 Å². The Morgan fingerprint density at radius 2 is 0.367 bits per heavy atom. The second-order valence-corrected chi connectivity index (χ2v) is 24.8. The molecule has 19 rings (SSSR count). The molecule has 0 saturated carbocycles. The summed E-state index contributed by atoms with van der Waals surface area (Å²) in [6.07, 6.45) is 0. The van der Waals surface area contributed by atoms with Crippen LogP contribution in [0.4, 0.5) is 0 Å². The molecule has 0 N–H and O–H groups in total. The first kappa shape index (κ1) is 50.7. The Balaban J connectivity index is 0.915. The Bertz CT molecular complexity index is 5190. The van der Waals surface area contributed by atoms with Gasteiger partial charge >= 0.3 is 0 Å². The van der Waals surface area contributed by atoms with Crippen LogP contribution in [0.3, 0.4) is 0 Å². The van der Waals surface area contributed by atoms with Crippen molar-refractivity contribution in [1.82, 2.24) is 0 Å². The predicted octanol–water partition coefficient (Wildman–Crippen LogP) is 23.3. The van der Waals surface area contributed by atoms with Crippen LogP contribution in [-0.4, -0.2) is 0 Å². The van der Waals surface area contributed by atoms with Crippen LogP contribution in [0.15, 0.2) is 340 Å². The standard InChI is InChI=1S/C90H56/c1-5-25-57(26-6-1)85-69-37-13-15-39-71(69)87(59-29-9-3-10-30-59)75-53-61(45-49-73(75)85)63-47-51-81-83(55-63)89(77-41-21-17-33-65(77)66-34-18-22-42-78(66)89)82-52-48-64(56-84(82)90(81)79-43-23-19-35-67(79)68-36-20-24-44-80(68)90)62-46-50-74-76(54-62)88(60-31-11-4-12-32-60)72-40-16-14-38-70(72)86(74)58-27-7-2-8-28-58/h1-56H. The average Bonchev–Trinajstić information content (AvgIpc) is 1.41. The molecule has 2 spiro atoms. The van der Waals surface area contributed by atoms with Gasteiger partial charge in [0.1, 0.15) is 0 Å². The highest BCUT2D eigenvalue weighted by Crippen LogP contribution is 2.68. The molecule has 0 heterocycles. The molecule has 0 fully saturated rings. The van der Waals surface area contributed by atoms with Gasteiger partial charge in [0.25, 0.3) is 0 Å². The maximum Gasteiger partial charge on any atom is 0.0720 e. The van der Waals surface area contributed by atoms with Gasteiger partial charge in [0.05, 0.1) is 10.8 Å². The molecule has 0 nitrogen and oxygen atoms in total. The molecule has 0 heteroatoms. The molecule has 3 aliphatic rings. The third kappa shape index (κ3) is 6.96. The van der Waals surface area contributed by atoms with Gasteiger partial charge in [0, 0.05) is 0 Å². The van der Waals surface area contributed by atoms with Crippen LogP contribution in [0.1, 0.15) is 44.5 Å². The summed E-state index contributed by atoms with van der Waals surface area (Å²) in [4.78, 5) is 0. The van der Waals surface area contributed by atoms with E-state index in [1.54, 1.807) is 0 Å². The fraction of sp³-hybridized carbons (Fsp3) is 0.0222. The van der Waals surface area contributed by atoms with Crippen LogP contribution < -0.4 is 0 Å². The SMILES string of the molecule is c1ccc(-c2c3ccccc3c(-c3ccccc3)c3cc(-c4ccc5c(c4)C4(c6ccccc6-c6ccccc64)c4ccc(-c6ccc7c(-c8ccccc8)c8ccccc8c(-c8ccccc8)c7c6)cc4C54c5ccccc5-c5ccccc54)ccc23)cc1. The molecule has 90 heavy (non-hydrogen) atoms. The smallest absolute Gasteiger partial charge is 0.0622 e. The first-order chi connectivity index (χ1) is 44.7. The second-order valence-electron chi connectivity index (χ2n) is 24.8. The minimum Gasteiger partial charge on any atom is -0.0622 e. The van der Waals surface area contributed by atoms with Gasteiger partial charge in [-0.1, -0.05) is 315 Å².